The van der Waals surface area contributed by atoms with Gasteiger partial charge in [-0.3, -0.25) is 4.79 Å². The lowest BCUT2D eigenvalue weighted by atomic mass is 10.1. The molecule has 1 atom stereocenters. The fraction of sp³-hybridized carbons (Fsp3) is 0.500. The Morgan fingerprint density at radius 1 is 1.53 bits per heavy atom. The van der Waals surface area contributed by atoms with E-state index in [4.69, 9.17) is 5.73 Å². The molecule has 1 aromatic heterocycles. The summed E-state index contributed by atoms with van der Waals surface area (Å²) in [5.74, 6) is 0.355. The van der Waals surface area contributed by atoms with E-state index < -0.39 is 0 Å². The highest BCUT2D eigenvalue weighted by Crippen LogP contribution is 2.06. The van der Waals surface area contributed by atoms with Crippen molar-refractivity contribution < 1.29 is 4.79 Å². The van der Waals surface area contributed by atoms with Crippen molar-refractivity contribution in [2.45, 2.75) is 19.8 Å². The predicted molar refractivity (Wildman–Crippen MR) is 58.1 cm³/mol. The second kappa shape index (κ2) is 6.08. The molecule has 0 saturated heterocycles. The standard InChI is InChI=1S/C10H16N4O/c1-8(4-11)2-3-10(15)14-9-5-12-7-13-6-9/h5-8H,2-4,11H2,1H3,(H,14,15). The van der Waals surface area contributed by atoms with Crippen LogP contribution in [0.2, 0.25) is 0 Å². The number of hydrogen-bond acceptors (Lipinski definition) is 4. The van der Waals surface area contributed by atoms with Crippen LogP contribution in [0.4, 0.5) is 5.69 Å². The third-order valence-electron chi connectivity index (χ3n) is 2.11. The van der Waals surface area contributed by atoms with E-state index in [0.29, 0.717) is 24.6 Å². The number of carbonyl (C=O) groups is 1. The molecule has 1 amide bonds. The van der Waals surface area contributed by atoms with Gasteiger partial charge in [-0.2, -0.15) is 0 Å². The van der Waals surface area contributed by atoms with Gasteiger partial charge in [0, 0.05) is 6.42 Å². The highest BCUT2D eigenvalue weighted by Gasteiger charge is 2.05. The van der Waals surface area contributed by atoms with E-state index in [1.165, 1.54) is 6.33 Å². The molecule has 82 valence electrons. The largest absolute Gasteiger partial charge is 0.330 e. The Labute approximate surface area is 89.1 Å². The molecule has 0 aliphatic carbocycles. The molecule has 1 unspecified atom stereocenters. The fourth-order valence-corrected chi connectivity index (χ4v) is 1.08. The van der Waals surface area contributed by atoms with Crippen LogP contribution in [0.15, 0.2) is 18.7 Å². The molecule has 5 heteroatoms. The number of nitrogens with zero attached hydrogens (tertiary/aromatic N) is 2. The second-order valence-electron chi connectivity index (χ2n) is 3.55. The van der Waals surface area contributed by atoms with Crippen molar-refractivity contribution >= 4 is 11.6 Å². The van der Waals surface area contributed by atoms with E-state index in [2.05, 4.69) is 15.3 Å². The van der Waals surface area contributed by atoms with Crippen LogP contribution in [0.5, 0.6) is 0 Å². The van der Waals surface area contributed by atoms with Crippen LogP contribution < -0.4 is 11.1 Å². The molecule has 0 aliphatic rings. The molecule has 1 heterocycles. The summed E-state index contributed by atoms with van der Waals surface area (Å²) >= 11 is 0. The molecule has 15 heavy (non-hydrogen) atoms. The minimum absolute atomic E-state index is 0.0231. The lowest BCUT2D eigenvalue weighted by Crippen LogP contribution is -2.16. The average molecular weight is 208 g/mol. The van der Waals surface area contributed by atoms with Gasteiger partial charge in [-0.25, -0.2) is 9.97 Å². The van der Waals surface area contributed by atoms with Gasteiger partial charge in [-0.1, -0.05) is 6.92 Å². The zero-order chi connectivity index (χ0) is 11.1. The second-order valence-corrected chi connectivity index (χ2v) is 3.55. The van der Waals surface area contributed by atoms with Crippen LogP contribution in [0.3, 0.4) is 0 Å². The third-order valence-corrected chi connectivity index (χ3v) is 2.11. The summed E-state index contributed by atoms with van der Waals surface area (Å²) in [5.41, 5.74) is 6.09. The molecular formula is C10H16N4O. The molecule has 0 saturated carbocycles. The normalized spacial score (nSPS) is 12.1. The van der Waals surface area contributed by atoms with Crippen molar-refractivity contribution in [3.8, 4) is 0 Å². The van der Waals surface area contributed by atoms with E-state index in [-0.39, 0.29) is 5.91 Å². The minimum Gasteiger partial charge on any atom is -0.330 e. The predicted octanol–water partition coefficient (Wildman–Crippen LogP) is 0.790. The van der Waals surface area contributed by atoms with Crippen molar-refractivity contribution in [2.75, 3.05) is 11.9 Å². The molecule has 0 aromatic carbocycles. The Morgan fingerprint density at radius 3 is 2.80 bits per heavy atom. The monoisotopic (exact) mass is 208 g/mol. The Kier molecular flexibility index (Phi) is 4.70. The molecule has 0 aliphatic heterocycles. The van der Waals surface area contributed by atoms with Crippen molar-refractivity contribution in [2.24, 2.45) is 11.7 Å². The Bertz CT molecular complexity index is 302. The van der Waals surface area contributed by atoms with Crippen LogP contribution in [-0.2, 0) is 4.79 Å². The van der Waals surface area contributed by atoms with E-state index in [9.17, 15) is 4.79 Å². The lowest BCUT2D eigenvalue weighted by Gasteiger charge is -2.07. The summed E-state index contributed by atoms with van der Waals surface area (Å²) in [6.45, 7) is 2.64. The molecule has 1 rings (SSSR count). The van der Waals surface area contributed by atoms with E-state index in [1.54, 1.807) is 12.4 Å². The number of anilines is 1. The number of nitrogens with two attached hydrogens (primary N) is 1. The van der Waals surface area contributed by atoms with Crippen LogP contribution in [-0.4, -0.2) is 22.4 Å². The summed E-state index contributed by atoms with van der Waals surface area (Å²) in [5, 5.41) is 2.72. The lowest BCUT2D eigenvalue weighted by molar-refractivity contribution is -0.116. The SMILES string of the molecule is CC(CN)CCC(=O)Nc1cncnc1. The van der Waals surface area contributed by atoms with Gasteiger partial charge >= 0.3 is 0 Å². The molecule has 0 spiro atoms. The number of hydrogen-bond donors (Lipinski definition) is 2. The average Bonchev–Trinajstić information content (AvgIpc) is 2.27. The summed E-state index contributed by atoms with van der Waals surface area (Å²) in [7, 11) is 0. The highest BCUT2D eigenvalue weighted by molar-refractivity contribution is 5.90. The first-order valence-corrected chi connectivity index (χ1v) is 4.97. The van der Waals surface area contributed by atoms with Crippen LogP contribution in [0.25, 0.3) is 0 Å². The van der Waals surface area contributed by atoms with Crippen molar-refractivity contribution in [1.29, 1.82) is 0 Å². The maximum atomic E-state index is 11.4. The minimum atomic E-state index is -0.0231. The molecule has 0 radical (unpaired) electrons. The van der Waals surface area contributed by atoms with Crippen molar-refractivity contribution in [3.05, 3.63) is 18.7 Å². The summed E-state index contributed by atoms with van der Waals surface area (Å²) in [4.78, 5) is 19.0. The zero-order valence-electron chi connectivity index (χ0n) is 8.81. The first kappa shape index (κ1) is 11.6. The Balaban J connectivity index is 2.31. The fourth-order valence-electron chi connectivity index (χ4n) is 1.08. The van der Waals surface area contributed by atoms with Gasteiger partial charge in [0.15, 0.2) is 0 Å². The highest BCUT2D eigenvalue weighted by atomic mass is 16.1. The van der Waals surface area contributed by atoms with E-state index >= 15 is 0 Å². The van der Waals surface area contributed by atoms with Gasteiger partial charge in [0.2, 0.25) is 5.91 Å². The summed E-state index contributed by atoms with van der Waals surface area (Å²) in [6.07, 6.45) is 5.84. The zero-order valence-corrected chi connectivity index (χ0v) is 8.81. The van der Waals surface area contributed by atoms with Gasteiger partial charge in [0.05, 0.1) is 18.1 Å². The number of nitrogens with one attached hydrogen (secondary N) is 1. The Hall–Kier alpha value is -1.49. The maximum absolute atomic E-state index is 11.4. The number of amides is 1. The van der Waals surface area contributed by atoms with Crippen molar-refractivity contribution in [1.82, 2.24) is 9.97 Å². The molecule has 3 N–H and O–H groups in total. The molecular weight excluding hydrogens is 192 g/mol. The van der Waals surface area contributed by atoms with Gasteiger partial charge in [0.25, 0.3) is 0 Å². The number of rotatable bonds is 5. The third kappa shape index (κ3) is 4.51. The topological polar surface area (TPSA) is 80.9 Å². The summed E-state index contributed by atoms with van der Waals surface area (Å²) in [6, 6.07) is 0. The Morgan fingerprint density at radius 2 is 2.20 bits per heavy atom. The van der Waals surface area contributed by atoms with Gasteiger partial charge < -0.3 is 11.1 Å². The van der Waals surface area contributed by atoms with Crippen molar-refractivity contribution in [3.63, 3.8) is 0 Å². The van der Waals surface area contributed by atoms with Crippen LogP contribution >= 0.6 is 0 Å². The molecule has 5 nitrogen and oxygen atoms in total. The number of carbonyl (C=O) groups excluding carboxylic acids is 1. The quantitative estimate of drug-likeness (QED) is 0.749. The smallest absolute Gasteiger partial charge is 0.224 e. The van der Waals surface area contributed by atoms with Gasteiger partial charge in [-0.15, -0.1) is 0 Å². The van der Waals surface area contributed by atoms with Crippen LogP contribution in [0, 0.1) is 5.92 Å². The van der Waals surface area contributed by atoms with Gasteiger partial charge in [-0.05, 0) is 18.9 Å². The molecule has 1 aromatic rings. The maximum Gasteiger partial charge on any atom is 0.224 e. The van der Waals surface area contributed by atoms with E-state index in [1.807, 2.05) is 6.92 Å². The molecule has 0 bridgehead atoms. The van der Waals surface area contributed by atoms with Crippen LogP contribution in [0.1, 0.15) is 19.8 Å². The molecule has 0 fully saturated rings. The van der Waals surface area contributed by atoms with E-state index in [0.717, 1.165) is 6.42 Å². The summed E-state index contributed by atoms with van der Waals surface area (Å²) < 4.78 is 0. The first-order chi connectivity index (χ1) is 7.22. The first-order valence-electron chi connectivity index (χ1n) is 4.97. The number of aromatic nitrogens is 2. The van der Waals surface area contributed by atoms with Gasteiger partial charge in [0.1, 0.15) is 6.33 Å².